The molecule has 0 aliphatic rings. The Morgan fingerprint density at radius 2 is 1.59 bits per heavy atom. The van der Waals surface area contributed by atoms with Gasteiger partial charge in [0.15, 0.2) is 0 Å². The summed E-state index contributed by atoms with van der Waals surface area (Å²) in [6.45, 7) is 4.16. The lowest BCUT2D eigenvalue weighted by molar-refractivity contribution is -0.168. The molecule has 102 valence electrons. The van der Waals surface area contributed by atoms with Gasteiger partial charge >= 0.3 is 5.97 Å². The number of carbonyl (C=O) groups excluding carboxylic acids is 1. The topological polar surface area (TPSA) is 46.5 Å². The Balaban J connectivity index is 3.27. The van der Waals surface area contributed by atoms with E-state index in [4.69, 9.17) is 4.74 Å². The smallest absolute Gasteiger partial charge is 0.308 e. The van der Waals surface area contributed by atoms with Gasteiger partial charge in [0.2, 0.25) is 6.29 Å². The first-order valence-corrected chi connectivity index (χ1v) is 7.08. The monoisotopic (exact) mass is 244 g/mol. The number of ether oxygens (including phenoxy) is 1. The van der Waals surface area contributed by atoms with Gasteiger partial charge in [-0.15, -0.1) is 0 Å². The molecule has 1 unspecified atom stereocenters. The SMILES string of the molecule is CCCCCCCCCC(=O)OC(O)CCC. The number of aliphatic hydroxyl groups excluding tert-OH is 1. The normalized spacial score (nSPS) is 12.4. The van der Waals surface area contributed by atoms with Crippen molar-refractivity contribution >= 4 is 5.97 Å². The van der Waals surface area contributed by atoms with Gasteiger partial charge < -0.3 is 9.84 Å². The van der Waals surface area contributed by atoms with Crippen LogP contribution in [0.25, 0.3) is 0 Å². The van der Waals surface area contributed by atoms with Crippen molar-refractivity contribution in [2.45, 2.75) is 84.3 Å². The first-order valence-electron chi connectivity index (χ1n) is 7.08. The van der Waals surface area contributed by atoms with E-state index in [9.17, 15) is 9.90 Å². The zero-order chi connectivity index (χ0) is 12.9. The molecule has 0 aliphatic carbocycles. The van der Waals surface area contributed by atoms with Crippen LogP contribution in [0, 0.1) is 0 Å². The Morgan fingerprint density at radius 3 is 2.18 bits per heavy atom. The van der Waals surface area contributed by atoms with Crippen LogP contribution in [-0.2, 0) is 9.53 Å². The van der Waals surface area contributed by atoms with E-state index in [2.05, 4.69) is 6.92 Å². The first kappa shape index (κ1) is 16.4. The van der Waals surface area contributed by atoms with Crippen molar-refractivity contribution < 1.29 is 14.6 Å². The Morgan fingerprint density at radius 1 is 1.00 bits per heavy atom. The molecular formula is C14H28O3. The predicted octanol–water partition coefficient (Wildman–Crippen LogP) is 3.79. The average molecular weight is 244 g/mol. The zero-order valence-corrected chi connectivity index (χ0v) is 11.4. The van der Waals surface area contributed by atoms with Gasteiger partial charge in [-0.2, -0.15) is 0 Å². The largest absolute Gasteiger partial charge is 0.436 e. The molecule has 0 spiro atoms. The van der Waals surface area contributed by atoms with Crippen LogP contribution in [-0.4, -0.2) is 17.4 Å². The molecule has 0 aromatic rings. The van der Waals surface area contributed by atoms with Crippen molar-refractivity contribution in [3.05, 3.63) is 0 Å². The van der Waals surface area contributed by atoms with Gasteiger partial charge in [0, 0.05) is 12.8 Å². The second-order valence-electron chi connectivity index (χ2n) is 4.60. The Kier molecular flexibility index (Phi) is 11.5. The fraction of sp³-hybridized carbons (Fsp3) is 0.929. The summed E-state index contributed by atoms with van der Waals surface area (Å²) >= 11 is 0. The van der Waals surface area contributed by atoms with E-state index in [1.807, 2.05) is 6.92 Å². The Hall–Kier alpha value is -0.570. The highest BCUT2D eigenvalue weighted by Gasteiger charge is 2.09. The van der Waals surface area contributed by atoms with Crippen LogP contribution in [0.1, 0.15) is 78.1 Å². The molecule has 0 amide bonds. The second kappa shape index (κ2) is 11.9. The summed E-state index contributed by atoms with van der Waals surface area (Å²) in [4.78, 5) is 11.3. The van der Waals surface area contributed by atoms with E-state index in [-0.39, 0.29) is 5.97 Å². The molecule has 0 bridgehead atoms. The molecule has 0 aliphatic heterocycles. The summed E-state index contributed by atoms with van der Waals surface area (Å²) < 4.78 is 4.85. The van der Waals surface area contributed by atoms with Gasteiger partial charge in [-0.05, 0) is 6.42 Å². The summed E-state index contributed by atoms with van der Waals surface area (Å²) in [5.74, 6) is -0.264. The van der Waals surface area contributed by atoms with E-state index in [0.29, 0.717) is 12.8 Å². The first-order chi connectivity index (χ1) is 8.20. The lowest BCUT2D eigenvalue weighted by Gasteiger charge is -2.10. The molecule has 17 heavy (non-hydrogen) atoms. The molecule has 0 aromatic heterocycles. The van der Waals surface area contributed by atoms with Gasteiger partial charge in [0.1, 0.15) is 0 Å². The van der Waals surface area contributed by atoms with Crippen LogP contribution in [0.2, 0.25) is 0 Å². The maximum Gasteiger partial charge on any atom is 0.308 e. The molecule has 1 N–H and O–H groups in total. The van der Waals surface area contributed by atoms with Gasteiger partial charge in [0.25, 0.3) is 0 Å². The number of hydrogen-bond donors (Lipinski definition) is 1. The van der Waals surface area contributed by atoms with E-state index in [0.717, 1.165) is 19.3 Å². The standard InChI is InChI=1S/C14H28O3/c1-3-5-6-7-8-9-10-12-14(16)17-13(15)11-4-2/h13,15H,3-12H2,1-2H3. The number of esters is 1. The Bertz CT molecular complexity index is 180. The molecule has 0 fully saturated rings. The third-order valence-corrected chi connectivity index (χ3v) is 2.79. The molecule has 0 radical (unpaired) electrons. The number of hydrogen-bond acceptors (Lipinski definition) is 3. The minimum atomic E-state index is -0.906. The number of unbranched alkanes of at least 4 members (excludes halogenated alkanes) is 6. The number of aliphatic hydroxyl groups is 1. The molecule has 1 atom stereocenters. The van der Waals surface area contributed by atoms with Crippen molar-refractivity contribution in [3.63, 3.8) is 0 Å². The molecule has 3 heteroatoms. The van der Waals surface area contributed by atoms with Crippen LogP contribution in [0.3, 0.4) is 0 Å². The zero-order valence-electron chi connectivity index (χ0n) is 11.4. The molecule has 0 saturated carbocycles. The fourth-order valence-electron chi connectivity index (χ4n) is 1.74. The van der Waals surface area contributed by atoms with Crippen LogP contribution in [0.4, 0.5) is 0 Å². The van der Waals surface area contributed by atoms with Crippen LogP contribution in [0.5, 0.6) is 0 Å². The van der Waals surface area contributed by atoms with Crippen LogP contribution in [0.15, 0.2) is 0 Å². The fourth-order valence-corrected chi connectivity index (χ4v) is 1.74. The maximum absolute atomic E-state index is 11.3. The van der Waals surface area contributed by atoms with Gasteiger partial charge in [0.05, 0.1) is 0 Å². The summed E-state index contributed by atoms with van der Waals surface area (Å²) in [6.07, 6.45) is 9.20. The van der Waals surface area contributed by atoms with Gasteiger partial charge in [-0.25, -0.2) is 0 Å². The van der Waals surface area contributed by atoms with Crippen LogP contribution < -0.4 is 0 Å². The maximum atomic E-state index is 11.3. The highest BCUT2D eigenvalue weighted by molar-refractivity contribution is 5.69. The number of rotatable bonds is 11. The third kappa shape index (κ3) is 11.7. The van der Waals surface area contributed by atoms with Crippen molar-refractivity contribution in [1.82, 2.24) is 0 Å². The lowest BCUT2D eigenvalue weighted by Crippen LogP contribution is -2.16. The van der Waals surface area contributed by atoms with Gasteiger partial charge in [-0.1, -0.05) is 58.8 Å². The van der Waals surface area contributed by atoms with Crippen molar-refractivity contribution in [2.75, 3.05) is 0 Å². The highest BCUT2D eigenvalue weighted by atomic mass is 16.6. The quantitative estimate of drug-likeness (QED) is 0.342. The number of carbonyl (C=O) groups is 1. The molecule has 0 rings (SSSR count). The van der Waals surface area contributed by atoms with Crippen molar-refractivity contribution in [1.29, 1.82) is 0 Å². The van der Waals surface area contributed by atoms with Gasteiger partial charge in [-0.3, -0.25) is 4.79 Å². The van der Waals surface area contributed by atoms with E-state index < -0.39 is 6.29 Å². The highest BCUT2D eigenvalue weighted by Crippen LogP contribution is 2.09. The van der Waals surface area contributed by atoms with E-state index >= 15 is 0 Å². The summed E-state index contributed by atoms with van der Waals surface area (Å²) in [6, 6.07) is 0. The predicted molar refractivity (Wildman–Crippen MR) is 69.6 cm³/mol. The van der Waals surface area contributed by atoms with E-state index in [1.165, 1.54) is 32.1 Å². The van der Waals surface area contributed by atoms with Crippen molar-refractivity contribution in [2.24, 2.45) is 0 Å². The summed E-state index contributed by atoms with van der Waals surface area (Å²) in [7, 11) is 0. The lowest BCUT2D eigenvalue weighted by atomic mass is 10.1. The molecular weight excluding hydrogens is 216 g/mol. The second-order valence-corrected chi connectivity index (χ2v) is 4.60. The Labute approximate surface area is 106 Å². The third-order valence-electron chi connectivity index (χ3n) is 2.79. The summed E-state index contributed by atoms with van der Waals surface area (Å²) in [5, 5.41) is 9.28. The minimum Gasteiger partial charge on any atom is -0.436 e. The molecule has 0 aromatic carbocycles. The molecule has 0 saturated heterocycles. The minimum absolute atomic E-state index is 0.264. The van der Waals surface area contributed by atoms with E-state index in [1.54, 1.807) is 0 Å². The van der Waals surface area contributed by atoms with Crippen molar-refractivity contribution in [3.8, 4) is 0 Å². The molecule has 3 nitrogen and oxygen atoms in total. The molecule has 0 heterocycles. The summed E-state index contributed by atoms with van der Waals surface area (Å²) in [5.41, 5.74) is 0. The average Bonchev–Trinajstić information content (AvgIpc) is 2.28. The van der Waals surface area contributed by atoms with Crippen LogP contribution >= 0.6 is 0 Å².